The number of carbonyl (C=O) groups is 2. The number of hydrogen-bond acceptors (Lipinski definition) is 9. The third-order valence-electron chi connectivity index (χ3n) is 5.40. The maximum Gasteiger partial charge on any atom is 1.00 e. The summed E-state index contributed by atoms with van der Waals surface area (Å²) in [5.74, 6) is -1.07. The molecular formula is C24H21KN2O7S3. The number of thioether (sulfide) groups is 1. The average molecular weight is 585 g/mol. The molecule has 2 aromatic rings. The van der Waals surface area contributed by atoms with E-state index < -0.39 is 34.3 Å². The molecule has 1 fully saturated rings. The van der Waals surface area contributed by atoms with Gasteiger partial charge in [-0.1, -0.05) is 60.4 Å². The quantitative estimate of drug-likeness (QED) is 0.204. The maximum atomic E-state index is 12.5. The molecule has 4 rings (SSSR count). The van der Waals surface area contributed by atoms with Crippen molar-refractivity contribution in [3.63, 3.8) is 0 Å². The fraction of sp³-hybridized carbons (Fsp3) is 0.208. The molecule has 2 aliphatic rings. The number of anilines is 1. The molecule has 1 amide bonds. The largest absolute Gasteiger partial charge is 1.00 e. The molecule has 2 aromatic carbocycles. The van der Waals surface area contributed by atoms with Crippen LogP contribution in [0.5, 0.6) is 5.75 Å². The number of carbonyl (C=O) groups excluding carboxylic acids is 1. The Bertz CT molecular complexity index is 1470. The summed E-state index contributed by atoms with van der Waals surface area (Å²) in [5, 5.41) is 10.9. The molecule has 13 heteroatoms. The van der Waals surface area contributed by atoms with Gasteiger partial charge in [-0.15, -0.1) is 0 Å². The van der Waals surface area contributed by atoms with E-state index in [2.05, 4.69) is 0 Å². The number of amides is 1. The molecule has 1 saturated heterocycles. The number of benzene rings is 2. The van der Waals surface area contributed by atoms with Crippen molar-refractivity contribution in [1.29, 1.82) is 0 Å². The number of fused-ring (bicyclic) bond motifs is 3. The zero-order chi connectivity index (χ0) is 26.0. The molecule has 188 valence electrons. The Morgan fingerprint density at radius 2 is 1.95 bits per heavy atom. The summed E-state index contributed by atoms with van der Waals surface area (Å²) in [6, 6.07) is 11.5. The molecule has 9 nitrogen and oxygen atoms in total. The van der Waals surface area contributed by atoms with Crippen LogP contribution in [0.15, 0.2) is 71.0 Å². The van der Waals surface area contributed by atoms with Gasteiger partial charge in [-0.3, -0.25) is 14.5 Å². The van der Waals surface area contributed by atoms with Gasteiger partial charge in [0.25, 0.3) is 5.91 Å². The predicted octanol–water partition coefficient (Wildman–Crippen LogP) is 0.594. The molecule has 0 spiro atoms. The second kappa shape index (κ2) is 12.5. The SMILES string of the molecule is CC(=C\C=C1/Oc2ccc3ccccc3c2N1CCCS(=O)(=O)[O-])/C=C1/SC(=S)N(CC(=O)O)C1=O.[K+]. The summed E-state index contributed by atoms with van der Waals surface area (Å²) in [4.78, 5) is 26.7. The molecule has 0 atom stereocenters. The number of rotatable bonds is 8. The normalized spacial score (nSPS) is 17.9. The number of thiocarbonyl (C=S) groups is 1. The Hall–Kier alpha value is -1.55. The van der Waals surface area contributed by atoms with E-state index in [0.29, 0.717) is 22.1 Å². The van der Waals surface area contributed by atoms with Crippen LogP contribution >= 0.6 is 24.0 Å². The molecular weight excluding hydrogens is 564 g/mol. The first-order valence-corrected chi connectivity index (χ1v) is 13.6. The number of nitrogens with zero attached hydrogens (tertiary/aromatic N) is 2. The molecule has 0 saturated carbocycles. The predicted molar refractivity (Wildman–Crippen MR) is 141 cm³/mol. The molecule has 0 bridgehead atoms. The van der Waals surface area contributed by atoms with Crippen LogP contribution in [0.2, 0.25) is 0 Å². The molecule has 2 aliphatic heterocycles. The van der Waals surface area contributed by atoms with Crippen molar-refractivity contribution in [2.45, 2.75) is 13.3 Å². The molecule has 0 aromatic heterocycles. The molecule has 0 radical (unpaired) electrons. The Balaban J connectivity index is 0.00000380. The van der Waals surface area contributed by atoms with Gasteiger partial charge in [-0.05, 0) is 42.5 Å². The van der Waals surface area contributed by atoms with Crippen molar-refractivity contribution in [3.05, 3.63) is 71.0 Å². The van der Waals surface area contributed by atoms with Crippen LogP contribution in [0, 0.1) is 0 Å². The van der Waals surface area contributed by atoms with Gasteiger partial charge in [-0.2, -0.15) is 0 Å². The van der Waals surface area contributed by atoms with Gasteiger partial charge in [0, 0.05) is 17.7 Å². The summed E-state index contributed by atoms with van der Waals surface area (Å²) in [6.07, 6.45) is 5.16. The number of ether oxygens (including phenoxy) is 1. The number of allylic oxidation sites excluding steroid dienone is 4. The van der Waals surface area contributed by atoms with Crippen molar-refractivity contribution >= 4 is 66.8 Å². The fourth-order valence-corrected chi connectivity index (χ4v) is 5.64. The van der Waals surface area contributed by atoms with Crippen molar-refractivity contribution < 1.29 is 83.8 Å². The molecule has 1 N–H and O–H groups in total. The van der Waals surface area contributed by atoms with Gasteiger partial charge in [0.15, 0.2) is 5.75 Å². The first kappa shape index (κ1) is 30.0. The average Bonchev–Trinajstić information content (AvgIpc) is 3.29. The van der Waals surface area contributed by atoms with E-state index in [1.54, 1.807) is 25.2 Å². The van der Waals surface area contributed by atoms with Crippen LogP contribution < -0.4 is 61.0 Å². The van der Waals surface area contributed by atoms with Crippen LogP contribution in [0.4, 0.5) is 5.69 Å². The van der Waals surface area contributed by atoms with Crippen LogP contribution in [-0.4, -0.2) is 58.0 Å². The summed E-state index contributed by atoms with van der Waals surface area (Å²) >= 11 is 6.15. The number of aliphatic carboxylic acids is 1. The number of carboxylic acids is 1. The Kier molecular flexibility index (Phi) is 10.2. The van der Waals surface area contributed by atoms with E-state index in [0.717, 1.165) is 33.1 Å². The fourth-order valence-electron chi connectivity index (χ4n) is 3.85. The second-order valence-electron chi connectivity index (χ2n) is 8.08. The van der Waals surface area contributed by atoms with Crippen molar-refractivity contribution in [2.24, 2.45) is 0 Å². The van der Waals surface area contributed by atoms with E-state index in [9.17, 15) is 22.6 Å². The molecule has 2 heterocycles. The maximum absolute atomic E-state index is 12.5. The third kappa shape index (κ3) is 7.31. The van der Waals surface area contributed by atoms with E-state index in [-0.39, 0.29) is 68.7 Å². The molecule has 37 heavy (non-hydrogen) atoms. The minimum absolute atomic E-state index is 0. The van der Waals surface area contributed by atoms with E-state index in [4.69, 9.17) is 22.1 Å². The first-order valence-electron chi connectivity index (χ1n) is 10.8. The van der Waals surface area contributed by atoms with Crippen molar-refractivity contribution in [3.8, 4) is 5.75 Å². The van der Waals surface area contributed by atoms with Gasteiger partial charge >= 0.3 is 57.4 Å². The van der Waals surface area contributed by atoms with Gasteiger partial charge in [0.2, 0.25) is 5.88 Å². The van der Waals surface area contributed by atoms with E-state index >= 15 is 0 Å². The standard InChI is InChI=1S/C24H22N2O7S3.K/c1-15(13-19-23(29)26(14-21(27)28)24(34)35-19)7-10-20-25(11-4-12-36(30,31)32)22-17-6-3-2-5-16(17)8-9-18(22)33-20;/h2-3,5-10,13H,4,11-12,14H2,1H3,(H,27,28)(H,30,31,32);/q;+1/p-1/b15-7+,19-13+,20-10-;. The van der Waals surface area contributed by atoms with Crippen LogP contribution in [0.25, 0.3) is 10.8 Å². The summed E-state index contributed by atoms with van der Waals surface area (Å²) in [5.41, 5.74) is 1.47. The van der Waals surface area contributed by atoms with E-state index in [1.807, 2.05) is 41.3 Å². The smallest absolute Gasteiger partial charge is 0.748 e. The third-order valence-corrected chi connectivity index (χ3v) is 7.57. The van der Waals surface area contributed by atoms with Crippen LogP contribution in [0.3, 0.4) is 0 Å². The number of hydrogen-bond donors (Lipinski definition) is 1. The molecule has 0 unspecified atom stereocenters. The zero-order valence-electron chi connectivity index (χ0n) is 20.0. The second-order valence-corrected chi connectivity index (χ2v) is 11.3. The zero-order valence-corrected chi connectivity index (χ0v) is 25.6. The summed E-state index contributed by atoms with van der Waals surface area (Å²) in [6.45, 7) is 1.52. The number of carboxylic acid groups (broad SMARTS) is 1. The minimum Gasteiger partial charge on any atom is -0.748 e. The van der Waals surface area contributed by atoms with Gasteiger partial charge in [-0.25, -0.2) is 8.42 Å². The van der Waals surface area contributed by atoms with Gasteiger partial charge < -0.3 is 19.3 Å². The summed E-state index contributed by atoms with van der Waals surface area (Å²) in [7, 11) is -4.36. The van der Waals surface area contributed by atoms with Crippen molar-refractivity contribution in [1.82, 2.24) is 4.90 Å². The van der Waals surface area contributed by atoms with Crippen LogP contribution in [-0.2, 0) is 19.7 Å². The van der Waals surface area contributed by atoms with Crippen molar-refractivity contribution in [2.75, 3.05) is 23.7 Å². The Labute approximate surface area is 266 Å². The minimum atomic E-state index is -4.36. The van der Waals surface area contributed by atoms with Crippen LogP contribution in [0.1, 0.15) is 13.3 Å². The first-order chi connectivity index (χ1) is 17.0. The summed E-state index contributed by atoms with van der Waals surface area (Å²) < 4.78 is 39.7. The topological polar surface area (TPSA) is 127 Å². The Morgan fingerprint density at radius 1 is 1.22 bits per heavy atom. The molecule has 0 aliphatic carbocycles. The van der Waals surface area contributed by atoms with E-state index in [1.165, 1.54) is 0 Å². The Morgan fingerprint density at radius 3 is 2.65 bits per heavy atom. The monoisotopic (exact) mass is 584 g/mol. The van der Waals surface area contributed by atoms with Gasteiger partial charge in [0.1, 0.15) is 10.9 Å². The van der Waals surface area contributed by atoms with Gasteiger partial charge in [0.05, 0.1) is 20.7 Å².